The van der Waals surface area contributed by atoms with Crippen LogP contribution in [0.5, 0.6) is 17.2 Å². The highest BCUT2D eigenvalue weighted by molar-refractivity contribution is 6.38. The second kappa shape index (κ2) is 10.5. The molecule has 0 amide bonds. The van der Waals surface area contributed by atoms with E-state index in [0.29, 0.717) is 16.1 Å². The molecule has 2 aromatic carbocycles. The van der Waals surface area contributed by atoms with Crippen LogP contribution in [0, 0.1) is 5.95 Å². The third kappa shape index (κ3) is 5.99. The summed E-state index contributed by atoms with van der Waals surface area (Å²) in [5.41, 5.74) is 1.30. The van der Waals surface area contributed by atoms with Crippen LogP contribution in [-0.4, -0.2) is 27.2 Å². The van der Waals surface area contributed by atoms with Gasteiger partial charge in [0.1, 0.15) is 27.6 Å². The molecular formula is C23H20Cl3FN2O4. The monoisotopic (exact) mass is 512 g/mol. The summed E-state index contributed by atoms with van der Waals surface area (Å²) < 4.78 is 20.2. The van der Waals surface area contributed by atoms with Gasteiger partial charge in [-0.1, -0.05) is 60.8 Å². The number of carboxylic acids is 1. The number of nitrogens with zero attached hydrogens (tertiary/aromatic N) is 1. The fraction of sp³-hybridized carbons (Fsp3) is 0.217. The van der Waals surface area contributed by atoms with Gasteiger partial charge in [0.25, 0.3) is 0 Å². The minimum absolute atomic E-state index is 0.00455. The molecule has 6 nitrogen and oxygen atoms in total. The first-order chi connectivity index (χ1) is 15.6. The molecule has 1 aromatic heterocycles. The largest absolute Gasteiger partial charge is 0.508 e. The van der Waals surface area contributed by atoms with Crippen molar-refractivity contribution in [3.8, 4) is 17.2 Å². The maximum absolute atomic E-state index is 14.5. The van der Waals surface area contributed by atoms with E-state index in [-0.39, 0.29) is 40.4 Å². The molecule has 10 heteroatoms. The fourth-order valence-corrected chi connectivity index (χ4v) is 3.66. The molecule has 0 aliphatic rings. The zero-order valence-electron chi connectivity index (χ0n) is 17.6. The predicted octanol–water partition coefficient (Wildman–Crippen LogP) is 6.91. The highest BCUT2D eigenvalue weighted by Crippen LogP contribution is 2.42. The zero-order chi connectivity index (χ0) is 24.3. The Labute approximate surface area is 204 Å². The minimum Gasteiger partial charge on any atom is -0.508 e. The molecule has 0 spiro atoms. The summed E-state index contributed by atoms with van der Waals surface area (Å²) in [5.74, 6) is -2.41. The maximum atomic E-state index is 14.5. The Balaban J connectivity index is 1.93. The number of phenolic OH excluding ortho intramolecular Hbond substituents is 1. The van der Waals surface area contributed by atoms with Crippen LogP contribution >= 0.6 is 34.8 Å². The molecule has 3 N–H and O–H groups in total. The maximum Gasteiger partial charge on any atom is 0.326 e. The number of aromatic hydroxyl groups is 1. The Bertz CT molecular complexity index is 1170. The van der Waals surface area contributed by atoms with Gasteiger partial charge in [0.2, 0.25) is 5.95 Å². The number of aliphatic carboxylic acids is 1. The van der Waals surface area contributed by atoms with Crippen LogP contribution in [0.1, 0.15) is 30.9 Å². The molecular weight excluding hydrogens is 494 g/mol. The average molecular weight is 514 g/mol. The topological polar surface area (TPSA) is 91.7 Å². The van der Waals surface area contributed by atoms with Gasteiger partial charge < -0.3 is 20.3 Å². The van der Waals surface area contributed by atoms with Gasteiger partial charge in [0.15, 0.2) is 11.6 Å². The van der Waals surface area contributed by atoms with Gasteiger partial charge in [-0.15, -0.1) is 0 Å². The number of hydrogen-bond acceptors (Lipinski definition) is 5. The molecule has 0 unspecified atom stereocenters. The summed E-state index contributed by atoms with van der Waals surface area (Å²) >= 11 is 18.3. The molecule has 0 bridgehead atoms. The number of phenols is 1. The number of ether oxygens (including phenoxy) is 1. The summed E-state index contributed by atoms with van der Waals surface area (Å²) in [6.45, 7) is 3.78. The Morgan fingerprint density at radius 3 is 2.39 bits per heavy atom. The van der Waals surface area contributed by atoms with Crippen molar-refractivity contribution in [2.24, 2.45) is 0 Å². The van der Waals surface area contributed by atoms with Gasteiger partial charge in [0, 0.05) is 17.0 Å². The lowest BCUT2D eigenvalue weighted by molar-refractivity contribution is -0.137. The fourth-order valence-electron chi connectivity index (χ4n) is 3.08. The van der Waals surface area contributed by atoms with E-state index in [4.69, 9.17) is 39.5 Å². The van der Waals surface area contributed by atoms with Crippen molar-refractivity contribution >= 4 is 46.6 Å². The molecule has 1 heterocycles. The van der Waals surface area contributed by atoms with E-state index in [1.54, 1.807) is 30.3 Å². The number of rotatable bonds is 8. The van der Waals surface area contributed by atoms with Crippen LogP contribution in [0.2, 0.25) is 15.1 Å². The van der Waals surface area contributed by atoms with Crippen molar-refractivity contribution in [3.05, 3.63) is 74.6 Å². The molecule has 0 aliphatic heterocycles. The van der Waals surface area contributed by atoms with Crippen molar-refractivity contribution in [2.75, 3.05) is 5.32 Å². The normalized spacial score (nSPS) is 12.0. The minimum atomic E-state index is -1.19. The molecule has 0 saturated carbocycles. The molecule has 3 rings (SSSR count). The number of carboxylic acid groups (broad SMARTS) is 1. The van der Waals surface area contributed by atoms with Crippen molar-refractivity contribution in [2.45, 2.75) is 32.2 Å². The lowest BCUT2D eigenvalue weighted by Crippen LogP contribution is -2.32. The molecule has 174 valence electrons. The van der Waals surface area contributed by atoms with Crippen LogP contribution < -0.4 is 10.1 Å². The number of aromatic nitrogens is 1. The number of nitrogens with one attached hydrogen (secondary N) is 1. The molecule has 3 aromatic rings. The Morgan fingerprint density at radius 2 is 1.79 bits per heavy atom. The third-order valence-electron chi connectivity index (χ3n) is 4.80. The van der Waals surface area contributed by atoms with E-state index in [1.165, 1.54) is 12.1 Å². The third-order valence-corrected chi connectivity index (χ3v) is 5.73. The van der Waals surface area contributed by atoms with Gasteiger partial charge in [-0.3, -0.25) is 0 Å². The molecule has 0 fully saturated rings. The SMILES string of the molecule is CC(C)c1cc(Oc2c(Cl)c(F)nc(N[C@H](Cc3ccc(Cl)cc3)C(=O)O)c2Cl)ccc1O. The summed E-state index contributed by atoms with van der Waals surface area (Å²) in [6.07, 6.45) is 0.0562. The predicted molar refractivity (Wildman–Crippen MR) is 127 cm³/mol. The first-order valence-corrected chi connectivity index (χ1v) is 11.0. The Hall–Kier alpha value is -2.74. The van der Waals surface area contributed by atoms with Crippen LogP contribution in [0.4, 0.5) is 10.2 Å². The number of hydrogen-bond donors (Lipinski definition) is 3. The van der Waals surface area contributed by atoms with Gasteiger partial charge in [-0.05, 0) is 41.8 Å². The lowest BCUT2D eigenvalue weighted by atomic mass is 10.0. The van der Waals surface area contributed by atoms with Crippen LogP contribution in [0.3, 0.4) is 0 Å². The van der Waals surface area contributed by atoms with E-state index in [2.05, 4.69) is 10.3 Å². The smallest absolute Gasteiger partial charge is 0.326 e. The van der Waals surface area contributed by atoms with Crippen LogP contribution in [0.15, 0.2) is 42.5 Å². The van der Waals surface area contributed by atoms with Crippen molar-refractivity contribution < 1.29 is 24.1 Å². The summed E-state index contributed by atoms with van der Waals surface area (Å²) in [5, 5.41) is 22.2. The number of pyridine rings is 1. The van der Waals surface area contributed by atoms with Crippen molar-refractivity contribution in [1.82, 2.24) is 4.98 Å². The molecule has 1 atom stereocenters. The van der Waals surface area contributed by atoms with Crippen molar-refractivity contribution in [3.63, 3.8) is 0 Å². The zero-order valence-corrected chi connectivity index (χ0v) is 19.8. The Morgan fingerprint density at radius 1 is 1.12 bits per heavy atom. The van der Waals surface area contributed by atoms with Gasteiger partial charge >= 0.3 is 5.97 Å². The summed E-state index contributed by atoms with van der Waals surface area (Å²) in [7, 11) is 0. The standard InChI is InChI=1S/C23H20Cl3FN2O4/c1-11(2)15-10-14(7-8-17(15)30)33-20-18(25)21(27)29-22(19(20)26)28-16(23(31)32)9-12-3-5-13(24)6-4-12/h3-8,10-11,16,30H,9H2,1-2H3,(H,28,29)(H,31,32)/t16-/m1/s1. The second-order valence-electron chi connectivity index (χ2n) is 7.55. The number of halogens is 4. The van der Waals surface area contributed by atoms with E-state index in [0.717, 1.165) is 0 Å². The van der Waals surface area contributed by atoms with Crippen molar-refractivity contribution in [1.29, 1.82) is 0 Å². The van der Waals surface area contributed by atoms with E-state index >= 15 is 0 Å². The highest BCUT2D eigenvalue weighted by atomic mass is 35.5. The quantitative estimate of drug-likeness (QED) is 0.283. The Kier molecular flexibility index (Phi) is 7.89. The van der Waals surface area contributed by atoms with Crippen LogP contribution in [-0.2, 0) is 11.2 Å². The lowest BCUT2D eigenvalue weighted by Gasteiger charge is -2.19. The van der Waals surface area contributed by atoms with Gasteiger partial charge in [-0.25, -0.2) is 4.79 Å². The summed E-state index contributed by atoms with van der Waals surface area (Å²) in [6, 6.07) is 9.96. The van der Waals surface area contributed by atoms with Gasteiger partial charge in [-0.2, -0.15) is 9.37 Å². The number of anilines is 1. The number of benzene rings is 2. The number of carbonyl (C=O) groups is 1. The first-order valence-electron chi connectivity index (χ1n) is 9.85. The highest BCUT2D eigenvalue weighted by Gasteiger charge is 2.25. The second-order valence-corrected chi connectivity index (χ2v) is 8.74. The molecule has 0 aliphatic carbocycles. The summed E-state index contributed by atoms with van der Waals surface area (Å²) in [4.78, 5) is 15.5. The molecule has 0 saturated heterocycles. The van der Waals surface area contributed by atoms with Gasteiger partial charge in [0.05, 0.1) is 0 Å². The van der Waals surface area contributed by atoms with E-state index in [9.17, 15) is 19.4 Å². The van der Waals surface area contributed by atoms with Crippen LogP contribution in [0.25, 0.3) is 0 Å². The molecule has 0 radical (unpaired) electrons. The molecule has 33 heavy (non-hydrogen) atoms. The van der Waals surface area contributed by atoms with E-state index < -0.39 is 23.0 Å². The average Bonchev–Trinajstić information content (AvgIpc) is 2.76. The van der Waals surface area contributed by atoms with E-state index in [1.807, 2.05) is 13.8 Å². The first kappa shape index (κ1) is 24.9.